The average molecular weight is 496 g/mol. The van der Waals surface area contributed by atoms with Gasteiger partial charge in [0.2, 0.25) is 11.8 Å². The number of likely N-dealkylation sites (tertiary alicyclic amines) is 1. The largest absolute Gasteiger partial charge is 0.504 e. The number of rotatable bonds is 7. The van der Waals surface area contributed by atoms with Crippen molar-refractivity contribution in [2.75, 3.05) is 33.3 Å². The highest BCUT2D eigenvalue weighted by molar-refractivity contribution is 5.83. The van der Waals surface area contributed by atoms with E-state index in [-0.39, 0.29) is 47.0 Å². The fourth-order valence-electron chi connectivity index (χ4n) is 9.29. The molecule has 8 heteroatoms. The Balaban J connectivity index is 1.30. The number of amides is 2. The lowest BCUT2D eigenvalue weighted by atomic mass is 9.35. The molecule has 8 nitrogen and oxygen atoms in total. The Labute approximate surface area is 212 Å². The molecule has 3 N–H and O–H groups in total. The van der Waals surface area contributed by atoms with Gasteiger partial charge in [0.1, 0.15) is 11.7 Å². The van der Waals surface area contributed by atoms with Crippen molar-refractivity contribution in [3.8, 4) is 11.5 Å². The van der Waals surface area contributed by atoms with E-state index in [4.69, 9.17) is 9.47 Å². The molecule has 6 atom stereocenters. The molecule has 4 bridgehead atoms. The molecule has 0 aromatic heterocycles. The zero-order valence-electron chi connectivity index (χ0n) is 21.3. The minimum Gasteiger partial charge on any atom is -0.504 e. The Morgan fingerprint density at radius 1 is 1.22 bits per heavy atom. The molecule has 36 heavy (non-hydrogen) atoms. The quantitative estimate of drug-likeness (QED) is 0.534. The summed E-state index contributed by atoms with van der Waals surface area (Å²) < 4.78 is 13.3. The van der Waals surface area contributed by atoms with E-state index in [1.807, 2.05) is 6.07 Å². The summed E-state index contributed by atoms with van der Waals surface area (Å²) >= 11 is 0. The van der Waals surface area contributed by atoms with Crippen LogP contribution in [0, 0.1) is 17.3 Å². The molecule has 2 amide bonds. The highest BCUT2D eigenvalue weighted by Crippen LogP contribution is 2.76. The lowest BCUT2D eigenvalue weighted by Gasteiger charge is -2.74. The van der Waals surface area contributed by atoms with Gasteiger partial charge in [-0.1, -0.05) is 6.07 Å². The number of benzene rings is 1. The first-order valence-electron chi connectivity index (χ1n) is 13.7. The Bertz CT molecular complexity index is 1140. The molecule has 7 aliphatic rings. The normalized spacial score (nSPS) is 39.3. The topological polar surface area (TPSA) is 100 Å². The SMILES string of the molecule is COC12CC[C@@]3(C[C@@H]1CNC(=O)CNC(C)=O)[C@H]1Cc4ccc(O)c5c4[C@@]3(CCN1CC1CC1)C2O5. The van der Waals surface area contributed by atoms with Crippen molar-refractivity contribution in [2.45, 2.75) is 75.0 Å². The predicted octanol–water partition coefficient (Wildman–Crippen LogP) is 1.87. The number of nitrogens with one attached hydrogen (secondary N) is 2. The number of aromatic hydroxyl groups is 1. The van der Waals surface area contributed by atoms with Gasteiger partial charge in [-0.25, -0.2) is 0 Å². The van der Waals surface area contributed by atoms with Crippen molar-refractivity contribution in [2.24, 2.45) is 17.3 Å². The Kier molecular flexibility index (Phi) is 4.82. The molecule has 0 radical (unpaired) electrons. The zero-order chi connectivity index (χ0) is 24.9. The second-order valence-electron chi connectivity index (χ2n) is 12.3. The summed E-state index contributed by atoms with van der Waals surface area (Å²) in [6.45, 7) is 4.14. The van der Waals surface area contributed by atoms with E-state index >= 15 is 0 Å². The maximum absolute atomic E-state index is 12.5. The third-order valence-electron chi connectivity index (χ3n) is 10.8. The first kappa shape index (κ1) is 22.8. The molecule has 1 saturated heterocycles. The number of fused-ring (bicyclic) bond motifs is 2. The summed E-state index contributed by atoms with van der Waals surface area (Å²) in [5.41, 5.74) is 1.92. The summed E-state index contributed by atoms with van der Waals surface area (Å²) in [7, 11) is 1.79. The maximum atomic E-state index is 12.5. The average Bonchev–Trinajstić information content (AvgIpc) is 3.61. The second kappa shape index (κ2) is 7.60. The molecule has 1 aromatic rings. The van der Waals surface area contributed by atoms with Crippen LogP contribution in [-0.2, 0) is 26.2 Å². The van der Waals surface area contributed by atoms with Crippen LogP contribution in [0.1, 0.15) is 56.6 Å². The van der Waals surface area contributed by atoms with Gasteiger partial charge in [0.25, 0.3) is 0 Å². The third kappa shape index (κ3) is 2.77. The molecule has 194 valence electrons. The molecular formula is C28H37N3O5. The molecule has 2 unspecified atom stereocenters. The number of ether oxygens (including phenoxy) is 2. The van der Waals surface area contributed by atoms with Crippen molar-refractivity contribution >= 4 is 11.8 Å². The summed E-state index contributed by atoms with van der Waals surface area (Å²) in [5.74, 6) is 1.44. The van der Waals surface area contributed by atoms with Crippen LogP contribution in [0.3, 0.4) is 0 Å². The van der Waals surface area contributed by atoms with Crippen LogP contribution in [0.2, 0.25) is 0 Å². The molecule has 5 fully saturated rings. The molecule has 4 saturated carbocycles. The van der Waals surface area contributed by atoms with Crippen molar-refractivity contribution < 1.29 is 24.2 Å². The summed E-state index contributed by atoms with van der Waals surface area (Å²) in [4.78, 5) is 26.6. The first-order valence-corrected chi connectivity index (χ1v) is 13.7. The van der Waals surface area contributed by atoms with Gasteiger partial charge in [-0.2, -0.15) is 0 Å². The zero-order valence-corrected chi connectivity index (χ0v) is 21.3. The Morgan fingerprint density at radius 3 is 2.81 bits per heavy atom. The summed E-state index contributed by atoms with van der Waals surface area (Å²) in [5, 5.41) is 16.6. The van der Waals surface area contributed by atoms with Crippen LogP contribution in [0.4, 0.5) is 0 Å². The summed E-state index contributed by atoms with van der Waals surface area (Å²) in [6.07, 6.45) is 7.47. The number of carbonyl (C=O) groups excluding carboxylic acids is 2. The number of phenolic OH excluding ortho intramolecular Hbond substituents is 1. The number of methoxy groups -OCH3 is 1. The first-order chi connectivity index (χ1) is 17.3. The van der Waals surface area contributed by atoms with E-state index in [0.29, 0.717) is 18.3 Å². The van der Waals surface area contributed by atoms with Crippen molar-refractivity contribution in [3.05, 3.63) is 23.3 Å². The standard InChI is InChI=1S/C28H37N3O5/c1-16(32)29-14-22(34)30-13-19-12-26-7-8-28(19,35-2)25-27(26)9-10-31(15-17-3-4-17)21(26)11-18-5-6-20(33)24(36-25)23(18)27/h5-6,17,19,21,25,33H,3-4,7-15H2,1-2H3,(H,29,32)(H,30,34)/t19-,21-,25?,26-,27+,28?/m1/s1. The van der Waals surface area contributed by atoms with E-state index in [2.05, 4.69) is 21.6 Å². The summed E-state index contributed by atoms with van der Waals surface area (Å²) in [6, 6.07) is 4.37. The number of hydrogen-bond acceptors (Lipinski definition) is 6. The molecule has 5 aliphatic carbocycles. The highest BCUT2D eigenvalue weighted by Gasteiger charge is 2.80. The number of nitrogens with zero attached hydrogens (tertiary/aromatic N) is 1. The molecule has 2 aliphatic heterocycles. The van der Waals surface area contributed by atoms with Crippen LogP contribution < -0.4 is 15.4 Å². The second-order valence-corrected chi connectivity index (χ2v) is 12.3. The van der Waals surface area contributed by atoms with Gasteiger partial charge in [-0.05, 0) is 69.0 Å². The van der Waals surface area contributed by atoms with Gasteiger partial charge in [0, 0.05) is 55.5 Å². The molecule has 8 rings (SSSR count). The third-order valence-corrected chi connectivity index (χ3v) is 10.8. The van der Waals surface area contributed by atoms with Crippen LogP contribution in [0.25, 0.3) is 0 Å². The fraction of sp³-hybridized carbons (Fsp3) is 0.714. The van der Waals surface area contributed by atoms with E-state index in [9.17, 15) is 14.7 Å². The Hall–Kier alpha value is -2.32. The molecule has 2 spiro atoms. The van der Waals surface area contributed by atoms with Crippen LogP contribution in [-0.4, -0.2) is 72.9 Å². The van der Waals surface area contributed by atoms with Crippen molar-refractivity contribution in [3.63, 3.8) is 0 Å². The van der Waals surface area contributed by atoms with E-state index in [1.165, 1.54) is 37.4 Å². The van der Waals surface area contributed by atoms with Gasteiger partial charge in [-0.15, -0.1) is 0 Å². The maximum Gasteiger partial charge on any atom is 0.239 e. The van der Waals surface area contributed by atoms with Crippen molar-refractivity contribution in [1.82, 2.24) is 15.5 Å². The smallest absolute Gasteiger partial charge is 0.239 e. The monoisotopic (exact) mass is 495 g/mol. The number of piperidine rings is 1. The molecular weight excluding hydrogens is 458 g/mol. The Morgan fingerprint density at radius 2 is 2.06 bits per heavy atom. The van der Waals surface area contributed by atoms with E-state index in [0.717, 1.165) is 44.6 Å². The molecule has 1 aromatic carbocycles. The van der Waals surface area contributed by atoms with Gasteiger partial charge < -0.3 is 25.2 Å². The lowest BCUT2D eigenvalue weighted by Crippen LogP contribution is -2.81. The number of phenols is 1. The minimum atomic E-state index is -0.535. The number of hydrogen-bond donors (Lipinski definition) is 3. The van der Waals surface area contributed by atoms with Crippen molar-refractivity contribution in [1.29, 1.82) is 0 Å². The minimum absolute atomic E-state index is 0.0164. The van der Waals surface area contributed by atoms with Crippen LogP contribution >= 0.6 is 0 Å². The van der Waals surface area contributed by atoms with Gasteiger partial charge >= 0.3 is 0 Å². The van der Waals surface area contributed by atoms with Gasteiger partial charge in [0.05, 0.1) is 6.54 Å². The molecule has 2 heterocycles. The van der Waals surface area contributed by atoms with Crippen LogP contribution in [0.5, 0.6) is 11.5 Å². The number of carbonyl (C=O) groups is 2. The lowest BCUT2D eigenvalue weighted by molar-refractivity contribution is -0.276. The fourth-order valence-corrected chi connectivity index (χ4v) is 9.29. The van der Waals surface area contributed by atoms with Gasteiger partial charge in [0.15, 0.2) is 11.5 Å². The predicted molar refractivity (Wildman–Crippen MR) is 132 cm³/mol. The highest BCUT2D eigenvalue weighted by atomic mass is 16.6. The van der Waals surface area contributed by atoms with E-state index < -0.39 is 5.60 Å². The van der Waals surface area contributed by atoms with Gasteiger partial charge in [-0.3, -0.25) is 14.5 Å². The van der Waals surface area contributed by atoms with Crippen LogP contribution in [0.15, 0.2) is 12.1 Å². The van der Waals surface area contributed by atoms with E-state index in [1.54, 1.807) is 7.11 Å².